The van der Waals surface area contributed by atoms with Gasteiger partial charge in [0.15, 0.2) is 17.5 Å². The first-order valence-corrected chi connectivity index (χ1v) is 6.07. The minimum absolute atomic E-state index is 0.0579. The van der Waals surface area contributed by atoms with Crippen LogP contribution < -0.4 is 5.73 Å². The van der Waals surface area contributed by atoms with E-state index < -0.39 is 11.6 Å². The molecule has 0 aliphatic carbocycles. The molecule has 0 saturated carbocycles. The number of nitrogen functional groups attached to an aromatic ring is 1. The summed E-state index contributed by atoms with van der Waals surface area (Å²) in [6.07, 6.45) is 1.84. The van der Waals surface area contributed by atoms with Gasteiger partial charge in [-0.1, -0.05) is 13.3 Å². The second-order valence-corrected chi connectivity index (χ2v) is 4.44. The maximum Gasteiger partial charge on any atom is 0.184 e. The molecule has 2 rings (SSSR count). The molecule has 102 valence electrons. The highest BCUT2D eigenvalue weighted by atomic mass is 19.2. The van der Waals surface area contributed by atoms with Gasteiger partial charge in [-0.25, -0.2) is 13.5 Å². The summed E-state index contributed by atoms with van der Waals surface area (Å²) in [4.78, 5) is 0. The molecule has 0 aliphatic heterocycles. The predicted molar refractivity (Wildman–Crippen MR) is 67.2 cm³/mol. The summed E-state index contributed by atoms with van der Waals surface area (Å²) in [6.45, 7) is 4.01. The van der Waals surface area contributed by atoms with Crippen molar-refractivity contribution in [3.8, 4) is 11.4 Å². The van der Waals surface area contributed by atoms with Crippen molar-refractivity contribution in [3.05, 3.63) is 23.8 Å². The first kappa shape index (κ1) is 13.4. The quantitative estimate of drug-likeness (QED) is 0.864. The first-order valence-electron chi connectivity index (χ1n) is 6.07. The summed E-state index contributed by atoms with van der Waals surface area (Å²) in [6, 6.07) is 2.02. The number of rotatable bonds is 4. The molecule has 1 aromatic carbocycles. The van der Waals surface area contributed by atoms with Crippen LogP contribution in [0.25, 0.3) is 11.4 Å². The van der Waals surface area contributed by atoms with E-state index >= 15 is 0 Å². The number of benzene rings is 1. The van der Waals surface area contributed by atoms with Gasteiger partial charge in [-0.2, -0.15) is 0 Å². The van der Waals surface area contributed by atoms with Gasteiger partial charge in [0, 0.05) is 17.3 Å². The van der Waals surface area contributed by atoms with Gasteiger partial charge >= 0.3 is 0 Å². The van der Waals surface area contributed by atoms with Gasteiger partial charge in [0.25, 0.3) is 0 Å². The van der Waals surface area contributed by atoms with Crippen LogP contribution in [-0.2, 0) is 0 Å². The monoisotopic (exact) mass is 267 g/mol. The maximum absolute atomic E-state index is 13.3. The number of hydrogen-bond donors (Lipinski definition) is 1. The van der Waals surface area contributed by atoms with E-state index in [1.54, 1.807) is 4.68 Å². The van der Waals surface area contributed by atoms with E-state index in [-0.39, 0.29) is 11.7 Å². The molecule has 0 bridgehead atoms. The molecular weight excluding hydrogens is 252 g/mol. The normalized spacial score (nSPS) is 12.6. The molecule has 0 radical (unpaired) electrons. The van der Waals surface area contributed by atoms with Crippen LogP contribution in [0.3, 0.4) is 0 Å². The third kappa shape index (κ3) is 2.54. The van der Waals surface area contributed by atoms with Gasteiger partial charge in [-0.3, -0.25) is 0 Å². The van der Waals surface area contributed by atoms with Gasteiger partial charge < -0.3 is 5.73 Å². The van der Waals surface area contributed by atoms with Crippen LogP contribution in [0.4, 0.5) is 14.5 Å². The highest BCUT2D eigenvalue weighted by molar-refractivity contribution is 5.71. The Labute approximate surface area is 109 Å². The molecule has 2 N–H and O–H groups in total. The lowest BCUT2D eigenvalue weighted by Crippen LogP contribution is -2.10. The van der Waals surface area contributed by atoms with Gasteiger partial charge in [-0.15, -0.1) is 5.10 Å². The van der Waals surface area contributed by atoms with Gasteiger partial charge in [0.1, 0.15) is 0 Å². The van der Waals surface area contributed by atoms with Crippen LogP contribution in [-0.4, -0.2) is 20.2 Å². The van der Waals surface area contributed by atoms with E-state index in [0.717, 1.165) is 25.0 Å². The van der Waals surface area contributed by atoms with Gasteiger partial charge in [-0.05, 0) is 29.8 Å². The molecule has 0 saturated heterocycles. The zero-order chi connectivity index (χ0) is 14.0. The van der Waals surface area contributed by atoms with Crippen LogP contribution in [0.5, 0.6) is 0 Å². The van der Waals surface area contributed by atoms with Crippen molar-refractivity contribution < 1.29 is 8.78 Å². The summed E-state index contributed by atoms with van der Waals surface area (Å²) in [7, 11) is 0. The summed E-state index contributed by atoms with van der Waals surface area (Å²) in [5, 5.41) is 11.3. The number of hydrogen-bond acceptors (Lipinski definition) is 4. The van der Waals surface area contributed by atoms with Crippen molar-refractivity contribution in [2.75, 3.05) is 5.73 Å². The summed E-state index contributed by atoms with van der Waals surface area (Å²) < 4.78 is 28.0. The SMILES string of the molecule is CCCC(C)n1nnnc1-c1cc(F)c(F)cc1N. The molecule has 19 heavy (non-hydrogen) atoms. The Morgan fingerprint density at radius 3 is 2.68 bits per heavy atom. The van der Waals surface area contributed by atoms with Crippen molar-refractivity contribution in [3.63, 3.8) is 0 Å². The van der Waals surface area contributed by atoms with Crippen molar-refractivity contribution in [2.24, 2.45) is 0 Å². The molecule has 1 unspecified atom stereocenters. The minimum Gasteiger partial charge on any atom is -0.398 e. The lowest BCUT2D eigenvalue weighted by atomic mass is 10.1. The molecule has 1 atom stereocenters. The Balaban J connectivity index is 2.48. The topological polar surface area (TPSA) is 69.6 Å². The molecule has 5 nitrogen and oxygen atoms in total. The predicted octanol–water partition coefficient (Wildman–Crippen LogP) is 2.56. The smallest absolute Gasteiger partial charge is 0.184 e. The molecular formula is C12H15F2N5. The van der Waals surface area contributed by atoms with E-state index in [1.165, 1.54) is 0 Å². The number of aromatic nitrogens is 4. The van der Waals surface area contributed by atoms with E-state index in [0.29, 0.717) is 11.4 Å². The summed E-state index contributed by atoms with van der Waals surface area (Å²) in [5.41, 5.74) is 6.12. The number of nitrogens with zero attached hydrogens (tertiary/aromatic N) is 4. The number of anilines is 1. The van der Waals surface area contributed by atoms with Crippen LogP contribution in [0.2, 0.25) is 0 Å². The largest absolute Gasteiger partial charge is 0.398 e. The summed E-state index contributed by atoms with van der Waals surface area (Å²) >= 11 is 0. The zero-order valence-electron chi connectivity index (χ0n) is 10.8. The highest BCUT2D eigenvalue weighted by Crippen LogP contribution is 2.28. The lowest BCUT2D eigenvalue weighted by molar-refractivity contribution is 0.447. The average Bonchev–Trinajstić information content (AvgIpc) is 2.83. The fourth-order valence-corrected chi connectivity index (χ4v) is 1.96. The third-order valence-electron chi connectivity index (χ3n) is 2.95. The number of tetrazole rings is 1. The van der Waals surface area contributed by atoms with E-state index in [9.17, 15) is 8.78 Å². The lowest BCUT2D eigenvalue weighted by Gasteiger charge is -2.13. The first-order chi connectivity index (χ1) is 9.04. The Hall–Kier alpha value is -2.05. The van der Waals surface area contributed by atoms with Crippen molar-refractivity contribution in [1.29, 1.82) is 0 Å². The van der Waals surface area contributed by atoms with E-state index in [4.69, 9.17) is 5.73 Å². The third-order valence-corrected chi connectivity index (χ3v) is 2.95. The Morgan fingerprint density at radius 1 is 1.32 bits per heavy atom. The van der Waals surface area contributed by atoms with Crippen molar-refractivity contribution in [2.45, 2.75) is 32.7 Å². The molecule has 1 aromatic heterocycles. The molecule has 2 aromatic rings. The fraction of sp³-hybridized carbons (Fsp3) is 0.417. The van der Waals surface area contributed by atoms with Crippen molar-refractivity contribution >= 4 is 5.69 Å². The fourth-order valence-electron chi connectivity index (χ4n) is 1.96. The zero-order valence-corrected chi connectivity index (χ0v) is 10.8. The Bertz CT molecular complexity index is 581. The minimum atomic E-state index is -0.984. The standard InChI is InChI=1S/C12H15F2N5/c1-3-4-7(2)19-12(16-17-18-19)8-5-9(13)10(14)6-11(8)15/h5-7H,3-4,15H2,1-2H3. The van der Waals surface area contributed by atoms with Gasteiger partial charge in [0.2, 0.25) is 0 Å². The molecule has 0 amide bonds. The Kier molecular flexibility index (Phi) is 3.73. The van der Waals surface area contributed by atoms with E-state index in [1.807, 2.05) is 13.8 Å². The molecule has 1 heterocycles. The number of halogens is 2. The number of nitrogens with two attached hydrogens (primary N) is 1. The highest BCUT2D eigenvalue weighted by Gasteiger charge is 2.18. The van der Waals surface area contributed by atoms with Crippen LogP contribution in [0.15, 0.2) is 12.1 Å². The van der Waals surface area contributed by atoms with Crippen LogP contribution in [0, 0.1) is 11.6 Å². The second-order valence-electron chi connectivity index (χ2n) is 4.44. The van der Waals surface area contributed by atoms with Crippen LogP contribution >= 0.6 is 0 Å². The maximum atomic E-state index is 13.3. The Morgan fingerprint density at radius 2 is 2.00 bits per heavy atom. The van der Waals surface area contributed by atoms with Gasteiger partial charge in [0.05, 0.1) is 6.04 Å². The molecule has 0 fully saturated rings. The summed E-state index contributed by atoms with van der Waals surface area (Å²) in [5.74, 6) is -1.61. The van der Waals surface area contributed by atoms with Crippen LogP contribution in [0.1, 0.15) is 32.7 Å². The second kappa shape index (κ2) is 5.29. The molecule has 0 spiro atoms. The van der Waals surface area contributed by atoms with Crippen molar-refractivity contribution in [1.82, 2.24) is 20.2 Å². The molecule has 0 aliphatic rings. The molecule has 7 heteroatoms. The van der Waals surface area contributed by atoms with E-state index in [2.05, 4.69) is 15.5 Å². The average molecular weight is 267 g/mol.